The highest BCUT2D eigenvalue weighted by atomic mass is 15.1. The molecule has 0 saturated carbocycles. The first-order valence-corrected chi connectivity index (χ1v) is 2.94. The number of rotatable bonds is 1. The largest absolute Gasteiger partial charge is 0.297 e. The van der Waals surface area contributed by atoms with E-state index in [2.05, 4.69) is 6.07 Å². The van der Waals surface area contributed by atoms with Crippen LogP contribution in [0.2, 0.25) is 0 Å². The third kappa shape index (κ3) is 1.54. The summed E-state index contributed by atoms with van der Waals surface area (Å²) in [5.74, 6) is -1.24. The van der Waals surface area contributed by atoms with Crippen LogP contribution >= 0.6 is 0 Å². The summed E-state index contributed by atoms with van der Waals surface area (Å²) in [5, 5.41) is 0. The van der Waals surface area contributed by atoms with Crippen molar-refractivity contribution in [3.05, 3.63) is 35.9 Å². The van der Waals surface area contributed by atoms with Crippen molar-refractivity contribution < 1.29 is 0 Å². The molecule has 0 heterocycles. The molecule has 0 aliphatic rings. The Morgan fingerprint density at radius 2 is 2.00 bits per heavy atom. The third-order valence-corrected chi connectivity index (χ3v) is 1.21. The average molecular weight is 136 g/mol. The summed E-state index contributed by atoms with van der Waals surface area (Å²) in [6.45, 7) is 0. The highest BCUT2D eigenvalue weighted by Gasteiger charge is 2.13. The van der Waals surface area contributed by atoms with Crippen molar-refractivity contribution in [2.24, 2.45) is 17.2 Å². The molecule has 1 radical (unpaired) electrons. The Kier molecular flexibility index (Phi) is 1.72. The Labute approximate surface area is 59.8 Å². The van der Waals surface area contributed by atoms with Crippen molar-refractivity contribution in [3.63, 3.8) is 0 Å². The second-order valence-corrected chi connectivity index (χ2v) is 2.23. The zero-order chi connectivity index (χ0) is 7.61. The van der Waals surface area contributed by atoms with Gasteiger partial charge in [-0.15, -0.1) is 0 Å². The van der Waals surface area contributed by atoms with Crippen LogP contribution < -0.4 is 17.2 Å². The van der Waals surface area contributed by atoms with Crippen LogP contribution in [0.1, 0.15) is 5.56 Å². The molecule has 0 saturated heterocycles. The van der Waals surface area contributed by atoms with Gasteiger partial charge in [-0.05, 0) is 12.1 Å². The molecular weight excluding hydrogens is 126 g/mol. The summed E-state index contributed by atoms with van der Waals surface area (Å²) in [4.78, 5) is 0. The molecule has 0 aromatic heterocycles. The van der Waals surface area contributed by atoms with Crippen LogP contribution in [-0.4, -0.2) is 0 Å². The number of nitrogens with two attached hydrogens (primary N) is 3. The molecule has 0 bridgehead atoms. The highest BCUT2D eigenvalue weighted by Crippen LogP contribution is 2.03. The minimum absolute atomic E-state index is 0.676. The van der Waals surface area contributed by atoms with E-state index in [1.807, 2.05) is 0 Å². The molecule has 53 valence electrons. The monoisotopic (exact) mass is 136 g/mol. The van der Waals surface area contributed by atoms with Crippen molar-refractivity contribution in [1.29, 1.82) is 0 Å². The Bertz CT molecular complexity index is 200. The highest BCUT2D eigenvalue weighted by molar-refractivity contribution is 5.19. The van der Waals surface area contributed by atoms with Gasteiger partial charge in [0.15, 0.2) is 0 Å². The Hall–Kier alpha value is -0.900. The van der Waals surface area contributed by atoms with Gasteiger partial charge in [-0.3, -0.25) is 17.2 Å². The molecule has 1 aromatic carbocycles. The molecule has 1 rings (SSSR count). The number of benzene rings is 1. The normalized spacial score (nSPS) is 11.5. The van der Waals surface area contributed by atoms with Gasteiger partial charge >= 0.3 is 0 Å². The van der Waals surface area contributed by atoms with Crippen LogP contribution in [0.5, 0.6) is 0 Å². The van der Waals surface area contributed by atoms with Gasteiger partial charge in [-0.2, -0.15) is 0 Å². The lowest BCUT2D eigenvalue weighted by Gasteiger charge is -2.17. The van der Waals surface area contributed by atoms with E-state index in [-0.39, 0.29) is 0 Å². The molecule has 0 aliphatic carbocycles. The molecule has 1 aromatic rings. The molecule has 0 fully saturated rings. The Morgan fingerprint density at radius 3 is 2.30 bits per heavy atom. The molecular formula is C7H10N3. The molecule has 0 unspecified atom stereocenters. The average Bonchev–Trinajstić information content (AvgIpc) is 1.88. The van der Waals surface area contributed by atoms with Crippen LogP contribution in [0, 0.1) is 6.07 Å². The van der Waals surface area contributed by atoms with Crippen molar-refractivity contribution in [1.82, 2.24) is 0 Å². The zero-order valence-corrected chi connectivity index (χ0v) is 5.54. The van der Waals surface area contributed by atoms with Crippen molar-refractivity contribution in [2.75, 3.05) is 0 Å². The van der Waals surface area contributed by atoms with Crippen LogP contribution in [0.4, 0.5) is 0 Å². The molecule has 3 heteroatoms. The summed E-state index contributed by atoms with van der Waals surface area (Å²) < 4.78 is 0. The molecule has 0 amide bonds. The quantitative estimate of drug-likeness (QED) is 0.454. The minimum Gasteiger partial charge on any atom is -0.297 e. The fourth-order valence-corrected chi connectivity index (χ4v) is 0.663. The topological polar surface area (TPSA) is 78.1 Å². The van der Waals surface area contributed by atoms with E-state index >= 15 is 0 Å². The third-order valence-electron chi connectivity index (χ3n) is 1.21. The summed E-state index contributed by atoms with van der Waals surface area (Å²) in [7, 11) is 0. The number of hydrogen-bond acceptors (Lipinski definition) is 3. The Balaban J connectivity index is 2.97. The maximum atomic E-state index is 5.39. The van der Waals surface area contributed by atoms with E-state index in [9.17, 15) is 0 Å². The van der Waals surface area contributed by atoms with E-state index in [1.165, 1.54) is 0 Å². The van der Waals surface area contributed by atoms with E-state index in [0.29, 0.717) is 5.56 Å². The summed E-state index contributed by atoms with van der Waals surface area (Å²) in [5.41, 5.74) is 16.9. The van der Waals surface area contributed by atoms with Crippen molar-refractivity contribution in [2.45, 2.75) is 5.79 Å². The van der Waals surface area contributed by atoms with Crippen LogP contribution in [0.15, 0.2) is 24.3 Å². The summed E-state index contributed by atoms with van der Waals surface area (Å²) >= 11 is 0. The molecule has 10 heavy (non-hydrogen) atoms. The van der Waals surface area contributed by atoms with Gasteiger partial charge in [0, 0.05) is 5.56 Å². The molecule has 3 nitrogen and oxygen atoms in total. The predicted molar refractivity (Wildman–Crippen MR) is 39.5 cm³/mol. The predicted octanol–water partition coefficient (Wildman–Crippen LogP) is -0.527. The van der Waals surface area contributed by atoms with E-state index < -0.39 is 5.79 Å². The molecule has 0 spiro atoms. The molecule has 6 N–H and O–H groups in total. The lowest BCUT2D eigenvalue weighted by atomic mass is 10.1. The van der Waals surface area contributed by atoms with Gasteiger partial charge in [0.1, 0.15) is 5.79 Å². The standard InChI is InChI=1S/C7H10N3/c8-7(9,10)6-4-2-1-3-5-6/h1-2,4-5H,8-10H2. The van der Waals surface area contributed by atoms with E-state index in [0.717, 1.165) is 0 Å². The minimum atomic E-state index is -1.24. The fourth-order valence-electron chi connectivity index (χ4n) is 0.663. The lowest BCUT2D eigenvalue weighted by Crippen LogP contribution is -2.54. The van der Waals surface area contributed by atoms with Gasteiger partial charge in [0.2, 0.25) is 0 Å². The second kappa shape index (κ2) is 2.38. The van der Waals surface area contributed by atoms with E-state index in [1.54, 1.807) is 24.3 Å². The van der Waals surface area contributed by atoms with Crippen LogP contribution in [-0.2, 0) is 5.79 Å². The first kappa shape index (κ1) is 7.21. The first-order valence-electron chi connectivity index (χ1n) is 2.94. The Morgan fingerprint density at radius 1 is 1.30 bits per heavy atom. The van der Waals surface area contributed by atoms with Crippen LogP contribution in [0.3, 0.4) is 0 Å². The maximum Gasteiger partial charge on any atom is 0.142 e. The van der Waals surface area contributed by atoms with E-state index in [4.69, 9.17) is 17.2 Å². The zero-order valence-electron chi connectivity index (χ0n) is 5.54. The van der Waals surface area contributed by atoms with Gasteiger partial charge in [-0.1, -0.05) is 18.2 Å². The fraction of sp³-hybridized carbons (Fsp3) is 0.143. The molecule has 0 atom stereocenters. The second-order valence-electron chi connectivity index (χ2n) is 2.23. The van der Waals surface area contributed by atoms with Crippen molar-refractivity contribution >= 4 is 0 Å². The van der Waals surface area contributed by atoms with Crippen LogP contribution in [0.25, 0.3) is 0 Å². The SMILES string of the molecule is NC(N)(N)c1c[c]ccc1. The van der Waals surface area contributed by atoms with Gasteiger partial charge in [-0.25, -0.2) is 0 Å². The molecule has 0 aliphatic heterocycles. The van der Waals surface area contributed by atoms with Gasteiger partial charge < -0.3 is 0 Å². The maximum absolute atomic E-state index is 5.39. The lowest BCUT2D eigenvalue weighted by molar-refractivity contribution is 0.488. The summed E-state index contributed by atoms with van der Waals surface area (Å²) in [6, 6.07) is 9.80. The first-order chi connectivity index (χ1) is 4.61. The van der Waals surface area contributed by atoms with Gasteiger partial charge in [0.05, 0.1) is 0 Å². The number of hydrogen-bond donors (Lipinski definition) is 3. The van der Waals surface area contributed by atoms with Gasteiger partial charge in [0.25, 0.3) is 0 Å². The van der Waals surface area contributed by atoms with Crippen molar-refractivity contribution in [3.8, 4) is 0 Å². The summed E-state index contributed by atoms with van der Waals surface area (Å²) in [6.07, 6.45) is 0. The smallest absolute Gasteiger partial charge is 0.142 e.